The van der Waals surface area contributed by atoms with E-state index in [1.165, 1.54) is 0 Å². The first kappa shape index (κ1) is 13.6. The molecule has 23 heavy (non-hydrogen) atoms. The molecule has 2 heterocycles. The van der Waals surface area contributed by atoms with Crippen LogP contribution in [0.3, 0.4) is 0 Å². The zero-order chi connectivity index (χ0) is 16.0. The van der Waals surface area contributed by atoms with Gasteiger partial charge in [0.1, 0.15) is 5.92 Å². The predicted octanol–water partition coefficient (Wildman–Crippen LogP) is 3.00. The van der Waals surface area contributed by atoms with E-state index < -0.39 is 11.9 Å². The number of anilines is 1. The molecule has 0 saturated heterocycles. The fraction of sp³-hybridized carbons (Fsp3) is 0.111. The number of benzene rings is 2. The second kappa shape index (κ2) is 4.98. The molecule has 0 bridgehead atoms. The highest BCUT2D eigenvalue weighted by Gasteiger charge is 2.37. The number of carbonyl (C=O) groups excluding carboxylic acids is 1. The van der Waals surface area contributed by atoms with Crippen LogP contribution in [0.4, 0.5) is 5.69 Å². The molecule has 1 aliphatic heterocycles. The van der Waals surface area contributed by atoms with Crippen molar-refractivity contribution in [3.05, 3.63) is 65.9 Å². The van der Waals surface area contributed by atoms with Gasteiger partial charge in [-0.1, -0.05) is 30.3 Å². The third-order valence-electron chi connectivity index (χ3n) is 4.33. The fourth-order valence-electron chi connectivity index (χ4n) is 3.22. The number of H-pyrrole nitrogens is 1. The van der Waals surface area contributed by atoms with Gasteiger partial charge in [0, 0.05) is 23.8 Å². The van der Waals surface area contributed by atoms with Gasteiger partial charge in [0.05, 0.1) is 11.1 Å². The van der Waals surface area contributed by atoms with Crippen LogP contribution in [-0.2, 0) is 4.79 Å². The Balaban J connectivity index is 1.81. The first-order chi connectivity index (χ1) is 11.2. The normalized spacial score (nSPS) is 16.5. The Morgan fingerprint density at radius 1 is 1.09 bits per heavy atom. The fourth-order valence-corrected chi connectivity index (χ4v) is 3.22. The van der Waals surface area contributed by atoms with Crippen LogP contribution in [0.5, 0.6) is 0 Å². The van der Waals surface area contributed by atoms with Crippen molar-refractivity contribution in [3.8, 4) is 0 Å². The number of hydrogen-bond donors (Lipinski definition) is 2. The molecule has 4 rings (SSSR count). The number of nitrogens with one attached hydrogen (secondary N) is 1. The molecule has 114 valence electrons. The quantitative estimate of drug-likeness (QED) is 0.764. The molecule has 0 saturated carbocycles. The van der Waals surface area contributed by atoms with Crippen LogP contribution < -0.4 is 4.90 Å². The summed E-state index contributed by atoms with van der Waals surface area (Å²) in [5.74, 6) is -1.78. The molecule has 5 heteroatoms. The van der Waals surface area contributed by atoms with E-state index in [9.17, 15) is 14.7 Å². The zero-order valence-corrected chi connectivity index (χ0v) is 12.2. The SMILES string of the molecule is O=C(O)[C@@H]1CN(C(=O)c2cccc3cc[nH]c23)c2ccccc21. The van der Waals surface area contributed by atoms with Crippen molar-refractivity contribution in [1.29, 1.82) is 0 Å². The van der Waals surface area contributed by atoms with Crippen LogP contribution in [0.2, 0.25) is 0 Å². The lowest BCUT2D eigenvalue weighted by Gasteiger charge is -2.18. The van der Waals surface area contributed by atoms with E-state index in [0.29, 0.717) is 16.8 Å². The molecule has 2 aromatic carbocycles. The summed E-state index contributed by atoms with van der Waals surface area (Å²) in [6.07, 6.45) is 1.79. The smallest absolute Gasteiger partial charge is 0.312 e. The molecular formula is C18H14N2O3. The number of fused-ring (bicyclic) bond motifs is 2. The molecule has 2 N–H and O–H groups in total. The number of carboxylic acid groups (broad SMARTS) is 1. The van der Waals surface area contributed by atoms with E-state index in [1.807, 2.05) is 24.3 Å². The highest BCUT2D eigenvalue weighted by atomic mass is 16.4. The van der Waals surface area contributed by atoms with Crippen molar-refractivity contribution < 1.29 is 14.7 Å². The van der Waals surface area contributed by atoms with Crippen LogP contribution in [0.25, 0.3) is 10.9 Å². The Kier molecular flexibility index (Phi) is 2.94. The van der Waals surface area contributed by atoms with Gasteiger partial charge in [0.2, 0.25) is 0 Å². The molecule has 3 aromatic rings. The number of hydrogen-bond acceptors (Lipinski definition) is 2. The maximum atomic E-state index is 13.0. The molecule has 0 spiro atoms. The number of nitrogens with zero attached hydrogens (tertiary/aromatic N) is 1. The molecular weight excluding hydrogens is 292 g/mol. The number of carbonyl (C=O) groups is 2. The van der Waals surface area contributed by atoms with Crippen LogP contribution >= 0.6 is 0 Å². The second-order valence-electron chi connectivity index (χ2n) is 5.61. The van der Waals surface area contributed by atoms with Gasteiger partial charge in [0.25, 0.3) is 5.91 Å². The standard InChI is InChI=1S/C18H14N2O3/c21-17(13-6-3-4-11-8-9-19-16(11)13)20-10-14(18(22)23)12-5-1-2-7-15(12)20/h1-9,14,19H,10H2,(H,22,23)/t14-/m1/s1. The number of amides is 1. The Hall–Kier alpha value is -3.08. The second-order valence-corrected chi connectivity index (χ2v) is 5.61. The molecule has 1 amide bonds. The lowest BCUT2D eigenvalue weighted by Crippen LogP contribution is -2.31. The molecule has 5 nitrogen and oxygen atoms in total. The summed E-state index contributed by atoms with van der Waals surface area (Å²) in [4.78, 5) is 29.1. The van der Waals surface area contributed by atoms with E-state index in [4.69, 9.17) is 0 Å². The first-order valence-electron chi connectivity index (χ1n) is 7.36. The van der Waals surface area contributed by atoms with E-state index in [2.05, 4.69) is 4.98 Å². The minimum atomic E-state index is -0.911. The number of aliphatic carboxylic acids is 1. The van der Waals surface area contributed by atoms with Gasteiger partial charge in [-0.05, 0) is 23.8 Å². The number of rotatable bonds is 2. The average Bonchev–Trinajstić information content (AvgIpc) is 3.18. The van der Waals surface area contributed by atoms with Gasteiger partial charge >= 0.3 is 5.97 Å². The zero-order valence-electron chi connectivity index (χ0n) is 12.2. The maximum absolute atomic E-state index is 13.0. The van der Waals surface area contributed by atoms with Crippen molar-refractivity contribution >= 4 is 28.5 Å². The van der Waals surface area contributed by atoms with Gasteiger partial charge in [-0.15, -0.1) is 0 Å². The van der Waals surface area contributed by atoms with E-state index in [1.54, 1.807) is 35.4 Å². The van der Waals surface area contributed by atoms with Crippen molar-refractivity contribution in [2.45, 2.75) is 5.92 Å². The van der Waals surface area contributed by atoms with Gasteiger partial charge in [-0.25, -0.2) is 0 Å². The molecule has 0 radical (unpaired) electrons. The van der Waals surface area contributed by atoms with Gasteiger partial charge < -0.3 is 15.0 Å². The summed E-state index contributed by atoms with van der Waals surface area (Å²) in [7, 11) is 0. The van der Waals surface area contributed by atoms with Crippen molar-refractivity contribution in [3.63, 3.8) is 0 Å². The molecule has 0 fully saturated rings. The van der Waals surface area contributed by atoms with Crippen LogP contribution in [0, 0.1) is 0 Å². The Morgan fingerprint density at radius 3 is 2.74 bits per heavy atom. The van der Waals surface area contributed by atoms with Crippen LogP contribution in [0.15, 0.2) is 54.7 Å². The molecule has 0 unspecified atom stereocenters. The third-order valence-corrected chi connectivity index (χ3v) is 4.33. The number of aromatic amines is 1. The van der Waals surface area contributed by atoms with Crippen molar-refractivity contribution in [1.82, 2.24) is 4.98 Å². The Labute approximate surface area is 132 Å². The molecule has 0 aliphatic carbocycles. The minimum Gasteiger partial charge on any atom is -0.481 e. The Morgan fingerprint density at radius 2 is 1.91 bits per heavy atom. The van der Waals surface area contributed by atoms with Crippen molar-refractivity contribution in [2.75, 3.05) is 11.4 Å². The van der Waals surface area contributed by atoms with E-state index >= 15 is 0 Å². The Bertz CT molecular complexity index is 929. The third kappa shape index (κ3) is 2.01. The molecule has 1 atom stereocenters. The van der Waals surface area contributed by atoms with Crippen molar-refractivity contribution in [2.24, 2.45) is 0 Å². The lowest BCUT2D eigenvalue weighted by molar-refractivity contribution is -0.138. The topological polar surface area (TPSA) is 73.4 Å². The minimum absolute atomic E-state index is 0.157. The number of para-hydroxylation sites is 2. The molecule has 1 aromatic heterocycles. The summed E-state index contributed by atoms with van der Waals surface area (Å²) in [6, 6.07) is 14.6. The summed E-state index contributed by atoms with van der Waals surface area (Å²) >= 11 is 0. The van der Waals surface area contributed by atoms with Crippen LogP contribution in [0.1, 0.15) is 21.8 Å². The van der Waals surface area contributed by atoms with Gasteiger partial charge in [0.15, 0.2) is 0 Å². The van der Waals surface area contributed by atoms with Crippen LogP contribution in [-0.4, -0.2) is 28.5 Å². The first-order valence-corrected chi connectivity index (χ1v) is 7.36. The summed E-state index contributed by atoms with van der Waals surface area (Å²) < 4.78 is 0. The van der Waals surface area contributed by atoms with Gasteiger partial charge in [-0.2, -0.15) is 0 Å². The van der Waals surface area contributed by atoms with E-state index in [0.717, 1.165) is 10.9 Å². The predicted molar refractivity (Wildman–Crippen MR) is 86.8 cm³/mol. The monoisotopic (exact) mass is 306 g/mol. The largest absolute Gasteiger partial charge is 0.481 e. The summed E-state index contributed by atoms with van der Waals surface area (Å²) in [5.41, 5.74) is 2.68. The number of carboxylic acids is 1. The number of aromatic nitrogens is 1. The lowest BCUT2D eigenvalue weighted by atomic mass is 10.0. The highest BCUT2D eigenvalue weighted by molar-refractivity contribution is 6.14. The molecule has 1 aliphatic rings. The highest BCUT2D eigenvalue weighted by Crippen LogP contribution is 2.37. The van der Waals surface area contributed by atoms with Gasteiger partial charge in [-0.3, -0.25) is 9.59 Å². The summed E-state index contributed by atoms with van der Waals surface area (Å²) in [6.45, 7) is 0.157. The maximum Gasteiger partial charge on any atom is 0.312 e. The van der Waals surface area contributed by atoms with E-state index in [-0.39, 0.29) is 12.5 Å². The summed E-state index contributed by atoms with van der Waals surface area (Å²) in [5, 5.41) is 10.4. The average molecular weight is 306 g/mol.